The van der Waals surface area contributed by atoms with Crippen LogP contribution in [0.1, 0.15) is 50.6 Å². The molecule has 0 spiro atoms. The number of ether oxygens (including phenoxy) is 1. The number of nitrogens with one attached hydrogen (secondary N) is 1. The van der Waals surface area contributed by atoms with Gasteiger partial charge in [-0.3, -0.25) is 11.3 Å². The largest absolute Gasteiger partial charge is 0.494 e. The van der Waals surface area contributed by atoms with Crippen LogP contribution in [-0.2, 0) is 0 Å². The van der Waals surface area contributed by atoms with E-state index in [1.54, 1.807) is 0 Å². The van der Waals surface area contributed by atoms with Crippen LogP contribution in [0.2, 0.25) is 0 Å². The highest BCUT2D eigenvalue weighted by Gasteiger charge is 2.42. The van der Waals surface area contributed by atoms with E-state index in [2.05, 4.69) is 42.6 Å². The van der Waals surface area contributed by atoms with Crippen LogP contribution in [0.15, 0.2) is 24.3 Å². The summed E-state index contributed by atoms with van der Waals surface area (Å²) < 4.78 is 5.64. The maximum atomic E-state index is 5.97. The first kappa shape index (κ1) is 16.3. The topological polar surface area (TPSA) is 50.5 Å². The van der Waals surface area contributed by atoms with Crippen LogP contribution < -0.4 is 16.0 Å². The number of hydrogen-bond acceptors (Lipinski definition) is 4. The maximum Gasteiger partial charge on any atom is 0.119 e. The Kier molecular flexibility index (Phi) is 5.62. The molecule has 3 N–H and O–H groups in total. The van der Waals surface area contributed by atoms with Gasteiger partial charge in [-0.1, -0.05) is 31.4 Å². The van der Waals surface area contributed by atoms with E-state index in [1.165, 1.54) is 37.7 Å². The Labute approximate surface area is 128 Å². The fourth-order valence-corrected chi connectivity index (χ4v) is 3.67. The van der Waals surface area contributed by atoms with Crippen molar-refractivity contribution in [2.24, 2.45) is 5.84 Å². The van der Waals surface area contributed by atoms with Crippen LogP contribution in [0.25, 0.3) is 0 Å². The molecule has 1 aliphatic rings. The second kappa shape index (κ2) is 7.25. The van der Waals surface area contributed by atoms with Crippen LogP contribution >= 0.6 is 0 Å². The first-order valence-corrected chi connectivity index (χ1v) is 8.00. The van der Waals surface area contributed by atoms with Gasteiger partial charge in [0.2, 0.25) is 0 Å². The summed E-state index contributed by atoms with van der Waals surface area (Å²) in [6.45, 7) is 2.69. The maximum absolute atomic E-state index is 5.97. The highest BCUT2D eigenvalue weighted by atomic mass is 16.5. The summed E-state index contributed by atoms with van der Waals surface area (Å²) >= 11 is 0. The molecule has 0 aliphatic heterocycles. The molecule has 0 radical (unpaired) electrons. The SMILES string of the molecule is CCOc1cccc(C(NN)C2(N(C)C)CCCCC2)c1. The van der Waals surface area contributed by atoms with Crippen LogP contribution in [0, 0.1) is 0 Å². The smallest absolute Gasteiger partial charge is 0.119 e. The predicted octanol–water partition coefficient (Wildman–Crippen LogP) is 2.85. The van der Waals surface area contributed by atoms with E-state index in [-0.39, 0.29) is 11.6 Å². The Bertz CT molecular complexity index is 441. The fraction of sp³-hybridized carbons (Fsp3) is 0.647. The molecular weight excluding hydrogens is 262 g/mol. The van der Waals surface area contributed by atoms with E-state index in [0.29, 0.717) is 6.61 Å². The zero-order valence-electron chi connectivity index (χ0n) is 13.6. The first-order chi connectivity index (χ1) is 10.1. The lowest BCUT2D eigenvalue weighted by atomic mass is 9.73. The lowest BCUT2D eigenvalue weighted by Crippen LogP contribution is -2.56. The van der Waals surface area contributed by atoms with Crippen molar-refractivity contribution in [3.63, 3.8) is 0 Å². The van der Waals surface area contributed by atoms with Crippen molar-refractivity contribution in [2.45, 2.75) is 50.6 Å². The Hall–Kier alpha value is -1.10. The lowest BCUT2D eigenvalue weighted by molar-refractivity contribution is 0.0563. The van der Waals surface area contributed by atoms with Crippen molar-refractivity contribution >= 4 is 0 Å². The molecular formula is C17H29N3O. The molecule has 0 bridgehead atoms. The van der Waals surface area contributed by atoms with Crippen molar-refractivity contribution in [1.82, 2.24) is 10.3 Å². The molecule has 118 valence electrons. The Morgan fingerprint density at radius 2 is 2.00 bits per heavy atom. The van der Waals surface area contributed by atoms with Crippen LogP contribution in [0.3, 0.4) is 0 Å². The summed E-state index contributed by atoms with van der Waals surface area (Å²) in [6, 6.07) is 8.44. The summed E-state index contributed by atoms with van der Waals surface area (Å²) in [5.41, 5.74) is 4.37. The van der Waals surface area contributed by atoms with Gasteiger partial charge in [0.15, 0.2) is 0 Å². The van der Waals surface area contributed by atoms with Crippen LogP contribution in [0.4, 0.5) is 0 Å². The molecule has 0 saturated heterocycles. The van der Waals surface area contributed by atoms with E-state index >= 15 is 0 Å². The summed E-state index contributed by atoms with van der Waals surface area (Å²) in [5, 5.41) is 0. The number of hydrazine groups is 1. The monoisotopic (exact) mass is 291 g/mol. The summed E-state index contributed by atoms with van der Waals surface area (Å²) in [5.74, 6) is 6.88. The molecule has 21 heavy (non-hydrogen) atoms. The highest BCUT2D eigenvalue weighted by molar-refractivity contribution is 5.32. The Balaban J connectivity index is 2.34. The van der Waals surface area contributed by atoms with Gasteiger partial charge in [0.25, 0.3) is 0 Å². The summed E-state index contributed by atoms with van der Waals surface area (Å²) in [4.78, 5) is 2.35. The molecule has 0 aromatic heterocycles. The third kappa shape index (κ3) is 3.39. The van der Waals surface area contributed by atoms with Gasteiger partial charge in [0.05, 0.1) is 12.6 Å². The van der Waals surface area contributed by atoms with Gasteiger partial charge in [-0.2, -0.15) is 0 Å². The minimum Gasteiger partial charge on any atom is -0.494 e. The average molecular weight is 291 g/mol. The number of nitrogens with two attached hydrogens (primary N) is 1. The van der Waals surface area contributed by atoms with E-state index < -0.39 is 0 Å². The van der Waals surface area contributed by atoms with Crippen molar-refractivity contribution in [3.8, 4) is 5.75 Å². The van der Waals surface area contributed by atoms with Gasteiger partial charge in [-0.25, -0.2) is 0 Å². The van der Waals surface area contributed by atoms with Gasteiger partial charge in [-0.05, 0) is 51.6 Å². The van der Waals surface area contributed by atoms with Crippen LogP contribution in [-0.4, -0.2) is 31.1 Å². The minimum absolute atomic E-state index is 0.0812. The molecule has 1 saturated carbocycles. The highest BCUT2D eigenvalue weighted by Crippen LogP contribution is 2.42. The number of likely N-dealkylation sites (N-methyl/N-ethyl adjacent to an activating group) is 1. The standard InChI is InChI=1S/C17H29N3O/c1-4-21-15-10-8-9-14(13-15)16(19-18)17(20(2)3)11-6-5-7-12-17/h8-10,13,16,19H,4-7,11-12,18H2,1-3H3. The van der Waals surface area contributed by atoms with Crippen molar-refractivity contribution < 1.29 is 4.74 Å². The molecule has 0 heterocycles. The lowest BCUT2D eigenvalue weighted by Gasteiger charge is -2.48. The van der Waals surface area contributed by atoms with E-state index in [1.807, 2.05) is 13.0 Å². The zero-order chi connectivity index (χ0) is 15.3. The molecule has 4 heteroatoms. The van der Waals surface area contributed by atoms with Crippen molar-refractivity contribution in [2.75, 3.05) is 20.7 Å². The first-order valence-electron chi connectivity index (χ1n) is 8.00. The molecule has 1 atom stereocenters. The Morgan fingerprint density at radius 3 is 2.57 bits per heavy atom. The fourth-order valence-electron chi connectivity index (χ4n) is 3.67. The average Bonchev–Trinajstić information content (AvgIpc) is 2.49. The summed E-state index contributed by atoms with van der Waals surface area (Å²) in [6.07, 6.45) is 6.20. The van der Waals surface area contributed by atoms with Crippen molar-refractivity contribution in [3.05, 3.63) is 29.8 Å². The second-order valence-corrected chi connectivity index (χ2v) is 6.16. The quantitative estimate of drug-likeness (QED) is 0.625. The third-order valence-corrected chi connectivity index (χ3v) is 4.82. The van der Waals surface area contributed by atoms with Gasteiger partial charge in [0.1, 0.15) is 5.75 Å². The number of benzene rings is 1. The minimum atomic E-state index is 0.0812. The van der Waals surface area contributed by atoms with Gasteiger partial charge in [-0.15, -0.1) is 0 Å². The van der Waals surface area contributed by atoms with Crippen molar-refractivity contribution in [1.29, 1.82) is 0 Å². The third-order valence-electron chi connectivity index (χ3n) is 4.82. The molecule has 1 aromatic carbocycles. The van der Waals surface area contributed by atoms with Gasteiger partial charge in [0, 0.05) is 5.54 Å². The van der Waals surface area contributed by atoms with Gasteiger partial charge >= 0.3 is 0 Å². The second-order valence-electron chi connectivity index (χ2n) is 6.16. The molecule has 0 amide bonds. The molecule has 1 unspecified atom stereocenters. The van der Waals surface area contributed by atoms with E-state index in [9.17, 15) is 0 Å². The normalized spacial score (nSPS) is 19.5. The molecule has 1 aliphatic carbocycles. The zero-order valence-corrected chi connectivity index (χ0v) is 13.6. The molecule has 2 rings (SSSR count). The molecule has 1 fully saturated rings. The number of rotatable bonds is 6. The van der Waals surface area contributed by atoms with Crippen LogP contribution in [0.5, 0.6) is 5.75 Å². The van der Waals surface area contributed by atoms with Gasteiger partial charge < -0.3 is 9.64 Å². The number of nitrogens with zero attached hydrogens (tertiary/aromatic N) is 1. The Morgan fingerprint density at radius 1 is 1.29 bits per heavy atom. The van der Waals surface area contributed by atoms with E-state index in [4.69, 9.17) is 10.6 Å². The molecule has 1 aromatic rings. The van der Waals surface area contributed by atoms with E-state index in [0.717, 1.165) is 5.75 Å². The number of hydrogen-bond donors (Lipinski definition) is 2. The summed E-state index contributed by atoms with van der Waals surface area (Å²) in [7, 11) is 4.34. The predicted molar refractivity (Wildman–Crippen MR) is 87.2 cm³/mol. The molecule has 4 nitrogen and oxygen atoms in total.